The number of hydrogen-bond acceptors (Lipinski definition) is 3. The maximum absolute atomic E-state index is 13.0. The summed E-state index contributed by atoms with van der Waals surface area (Å²) >= 11 is 4.84. The first-order valence-corrected chi connectivity index (χ1v) is 10.00. The predicted octanol–water partition coefficient (Wildman–Crippen LogP) is 3.68. The molecule has 1 heterocycles. The van der Waals surface area contributed by atoms with Gasteiger partial charge in [0, 0.05) is 15.9 Å². The van der Waals surface area contributed by atoms with E-state index in [1.54, 1.807) is 12.1 Å². The average Bonchev–Trinajstić information content (AvgIpc) is 2.61. The lowest BCUT2D eigenvalue weighted by atomic mass is 10.1. The minimum absolute atomic E-state index is 0.168. The first-order valence-electron chi connectivity index (χ1n) is 8.16. The van der Waals surface area contributed by atoms with E-state index < -0.39 is 6.04 Å². The van der Waals surface area contributed by atoms with Crippen LogP contribution in [0.4, 0.5) is 10.1 Å². The van der Waals surface area contributed by atoms with E-state index in [1.807, 2.05) is 25.1 Å². The van der Waals surface area contributed by atoms with Crippen LogP contribution in [-0.4, -0.2) is 28.9 Å². The summed E-state index contributed by atoms with van der Waals surface area (Å²) in [5.41, 5.74) is 2.56. The molecule has 2 amide bonds. The maximum atomic E-state index is 13.0. The fourth-order valence-electron chi connectivity index (χ4n) is 2.71. The minimum Gasteiger partial charge on any atom is -0.343 e. The highest BCUT2D eigenvalue weighted by Gasteiger charge is 2.32. The Bertz CT molecular complexity index is 829. The molecule has 2 unspecified atom stereocenters. The van der Waals surface area contributed by atoms with Gasteiger partial charge >= 0.3 is 0 Å². The number of aryl methyl sites for hydroxylation is 1. The van der Waals surface area contributed by atoms with Gasteiger partial charge < -0.3 is 10.6 Å². The molecule has 2 atom stereocenters. The molecule has 136 valence electrons. The number of hydrogen-bond donors (Lipinski definition) is 2. The van der Waals surface area contributed by atoms with Gasteiger partial charge in [-0.1, -0.05) is 28.1 Å². The summed E-state index contributed by atoms with van der Waals surface area (Å²) in [5.74, 6) is -0.192. The van der Waals surface area contributed by atoms with Crippen molar-refractivity contribution in [1.82, 2.24) is 5.32 Å². The normalized spacial score (nSPS) is 19.7. The van der Waals surface area contributed by atoms with E-state index in [9.17, 15) is 14.0 Å². The van der Waals surface area contributed by atoms with Crippen molar-refractivity contribution in [3.05, 3.63) is 63.9 Å². The number of anilines is 1. The molecule has 7 heteroatoms. The molecule has 0 aromatic heterocycles. The van der Waals surface area contributed by atoms with Crippen LogP contribution in [0.1, 0.15) is 11.1 Å². The standard InChI is InChI=1S/C19H18BrFN2O2S/c1-11-8-13(20)4-7-15(11)22-18(24)16-10-26-17(19(25)23-16)9-12-2-5-14(21)6-3-12/h2-8,16-17H,9-10H2,1H3,(H,22,24)(H,23,25). The zero-order valence-electron chi connectivity index (χ0n) is 14.1. The van der Waals surface area contributed by atoms with Gasteiger partial charge in [0.1, 0.15) is 11.9 Å². The van der Waals surface area contributed by atoms with Gasteiger partial charge in [-0.05, 0) is 54.8 Å². The van der Waals surface area contributed by atoms with Gasteiger partial charge in [0.15, 0.2) is 0 Å². The molecule has 1 aliphatic rings. The number of thioether (sulfide) groups is 1. The van der Waals surface area contributed by atoms with Crippen LogP contribution in [0.3, 0.4) is 0 Å². The molecule has 4 nitrogen and oxygen atoms in total. The first kappa shape index (κ1) is 18.9. The van der Waals surface area contributed by atoms with Gasteiger partial charge in [-0.2, -0.15) is 0 Å². The Labute approximate surface area is 164 Å². The molecule has 0 spiro atoms. The molecule has 2 aromatic rings. The van der Waals surface area contributed by atoms with Crippen LogP contribution in [0, 0.1) is 12.7 Å². The minimum atomic E-state index is -0.569. The summed E-state index contributed by atoms with van der Waals surface area (Å²) in [6.07, 6.45) is 0.511. The van der Waals surface area contributed by atoms with Gasteiger partial charge in [0.2, 0.25) is 11.8 Å². The number of amides is 2. The number of carbonyl (C=O) groups is 2. The fourth-order valence-corrected chi connectivity index (χ4v) is 4.37. The Kier molecular flexibility index (Phi) is 5.98. The van der Waals surface area contributed by atoms with Crippen LogP contribution in [0.2, 0.25) is 0 Å². The molecule has 1 fully saturated rings. The Hall–Kier alpha value is -1.86. The molecule has 1 saturated heterocycles. The van der Waals surface area contributed by atoms with Crippen molar-refractivity contribution in [3.63, 3.8) is 0 Å². The smallest absolute Gasteiger partial charge is 0.247 e. The molecular weight excluding hydrogens is 419 g/mol. The fraction of sp³-hybridized carbons (Fsp3) is 0.263. The van der Waals surface area contributed by atoms with Crippen molar-refractivity contribution in [2.75, 3.05) is 11.1 Å². The predicted molar refractivity (Wildman–Crippen MR) is 106 cm³/mol. The lowest BCUT2D eigenvalue weighted by molar-refractivity contribution is -0.126. The summed E-state index contributed by atoms with van der Waals surface area (Å²) in [6, 6.07) is 11.2. The number of halogens is 2. The third kappa shape index (κ3) is 4.65. The molecule has 1 aliphatic heterocycles. The SMILES string of the molecule is Cc1cc(Br)ccc1NC(=O)C1CSC(Cc2ccc(F)cc2)C(=O)N1. The zero-order chi connectivity index (χ0) is 18.7. The second kappa shape index (κ2) is 8.22. The summed E-state index contributed by atoms with van der Waals surface area (Å²) in [6.45, 7) is 1.91. The summed E-state index contributed by atoms with van der Waals surface area (Å²) in [7, 11) is 0. The van der Waals surface area contributed by atoms with Crippen molar-refractivity contribution >= 4 is 45.2 Å². The molecule has 2 aromatic carbocycles. The molecule has 0 radical (unpaired) electrons. The lowest BCUT2D eigenvalue weighted by Gasteiger charge is -2.28. The van der Waals surface area contributed by atoms with Gasteiger partial charge in [0.05, 0.1) is 5.25 Å². The largest absolute Gasteiger partial charge is 0.343 e. The van der Waals surface area contributed by atoms with Gasteiger partial charge in [-0.25, -0.2) is 4.39 Å². The monoisotopic (exact) mass is 436 g/mol. The van der Waals surface area contributed by atoms with Crippen LogP contribution in [0.15, 0.2) is 46.9 Å². The second-order valence-electron chi connectivity index (χ2n) is 6.16. The Morgan fingerprint density at radius 3 is 2.69 bits per heavy atom. The van der Waals surface area contributed by atoms with E-state index in [1.165, 1.54) is 23.9 Å². The highest BCUT2D eigenvalue weighted by atomic mass is 79.9. The summed E-state index contributed by atoms with van der Waals surface area (Å²) in [5, 5.41) is 5.38. The molecule has 26 heavy (non-hydrogen) atoms. The quantitative estimate of drug-likeness (QED) is 0.768. The molecule has 2 N–H and O–H groups in total. The van der Waals surface area contributed by atoms with Gasteiger partial charge in [-0.3, -0.25) is 9.59 Å². The third-order valence-corrected chi connectivity index (χ3v) is 5.97. The van der Waals surface area contributed by atoms with Crippen molar-refractivity contribution < 1.29 is 14.0 Å². The van der Waals surface area contributed by atoms with E-state index in [2.05, 4.69) is 26.6 Å². The van der Waals surface area contributed by atoms with Crippen LogP contribution in [-0.2, 0) is 16.0 Å². The third-order valence-electron chi connectivity index (χ3n) is 4.17. The Morgan fingerprint density at radius 1 is 1.31 bits per heavy atom. The topological polar surface area (TPSA) is 58.2 Å². The van der Waals surface area contributed by atoms with Crippen LogP contribution in [0.25, 0.3) is 0 Å². The van der Waals surface area contributed by atoms with Crippen LogP contribution < -0.4 is 10.6 Å². The molecule has 0 bridgehead atoms. The molecule has 3 rings (SSSR count). The van der Waals surface area contributed by atoms with E-state index in [0.717, 1.165) is 21.3 Å². The van der Waals surface area contributed by atoms with E-state index in [4.69, 9.17) is 0 Å². The summed E-state index contributed by atoms with van der Waals surface area (Å²) in [4.78, 5) is 24.8. The average molecular weight is 437 g/mol. The molecular formula is C19H18BrFN2O2S. The number of rotatable bonds is 4. The maximum Gasteiger partial charge on any atom is 0.247 e. The highest BCUT2D eigenvalue weighted by Crippen LogP contribution is 2.24. The van der Waals surface area contributed by atoms with Crippen molar-refractivity contribution in [2.45, 2.75) is 24.6 Å². The van der Waals surface area contributed by atoms with E-state index >= 15 is 0 Å². The van der Waals surface area contributed by atoms with Crippen molar-refractivity contribution in [1.29, 1.82) is 0 Å². The number of carbonyl (C=O) groups excluding carboxylic acids is 2. The van der Waals surface area contributed by atoms with Crippen LogP contribution >= 0.6 is 27.7 Å². The number of nitrogens with one attached hydrogen (secondary N) is 2. The molecule has 0 saturated carbocycles. The van der Waals surface area contributed by atoms with Crippen LogP contribution in [0.5, 0.6) is 0 Å². The highest BCUT2D eigenvalue weighted by molar-refractivity contribution is 9.10. The van der Waals surface area contributed by atoms with Crippen molar-refractivity contribution in [2.24, 2.45) is 0 Å². The van der Waals surface area contributed by atoms with Crippen molar-refractivity contribution in [3.8, 4) is 0 Å². The Balaban J connectivity index is 1.58. The first-order chi connectivity index (χ1) is 12.4. The Morgan fingerprint density at radius 2 is 2.04 bits per heavy atom. The second-order valence-corrected chi connectivity index (χ2v) is 8.31. The van der Waals surface area contributed by atoms with E-state index in [-0.39, 0.29) is 22.9 Å². The van der Waals surface area contributed by atoms with Gasteiger partial charge in [0.25, 0.3) is 0 Å². The lowest BCUT2D eigenvalue weighted by Crippen LogP contribution is -2.52. The summed E-state index contributed by atoms with van der Waals surface area (Å²) < 4.78 is 13.9. The van der Waals surface area contributed by atoms with E-state index in [0.29, 0.717) is 12.2 Å². The molecule has 0 aliphatic carbocycles. The van der Waals surface area contributed by atoms with Gasteiger partial charge in [-0.15, -0.1) is 11.8 Å². The number of benzene rings is 2. The zero-order valence-corrected chi connectivity index (χ0v) is 16.5.